The summed E-state index contributed by atoms with van der Waals surface area (Å²) in [6.07, 6.45) is 0.703. The lowest BCUT2D eigenvalue weighted by molar-refractivity contribution is -0.170. The molecule has 1 amide bonds. The molecule has 1 aliphatic heterocycles. The monoisotopic (exact) mass is 354 g/mol. The summed E-state index contributed by atoms with van der Waals surface area (Å²) in [5, 5.41) is 3.58. The summed E-state index contributed by atoms with van der Waals surface area (Å²) in [6.45, 7) is 7.43. The molecular weight excluding hydrogens is 328 g/mol. The summed E-state index contributed by atoms with van der Waals surface area (Å²) in [6, 6.07) is 0. The van der Waals surface area contributed by atoms with E-state index in [9.17, 15) is 4.79 Å². The Morgan fingerprint density at radius 2 is 2.14 bits per heavy atom. The molecule has 7 heteroatoms. The fourth-order valence-electron chi connectivity index (χ4n) is 2.84. The largest absolute Gasteiger partial charge is 0.378 e. The minimum absolute atomic E-state index is 0. The van der Waals surface area contributed by atoms with Crippen molar-refractivity contribution in [3.63, 3.8) is 0 Å². The molecule has 0 aromatic carbocycles. The van der Waals surface area contributed by atoms with Gasteiger partial charge >= 0.3 is 0 Å². The Hall–Kier alpha value is 0.380. The first-order valence-electron chi connectivity index (χ1n) is 7.30. The normalized spacial score (nSPS) is 34.5. The summed E-state index contributed by atoms with van der Waals surface area (Å²) < 4.78 is 5.67. The van der Waals surface area contributed by atoms with Crippen LogP contribution in [0.25, 0.3) is 0 Å². The maximum atomic E-state index is 12.4. The highest BCUT2D eigenvalue weighted by Gasteiger charge is 2.62. The third kappa shape index (κ3) is 3.83. The molecule has 124 valence electrons. The minimum atomic E-state index is -0.792. The topological polar surface area (TPSA) is 64.3 Å². The fourth-order valence-corrected chi connectivity index (χ4v) is 5.45. The van der Waals surface area contributed by atoms with Gasteiger partial charge in [0, 0.05) is 47.5 Å². The summed E-state index contributed by atoms with van der Waals surface area (Å²) in [4.78, 5) is 12.4. The predicted molar refractivity (Wildman–Crippen MR) is 94.6 cm³/mol. The van der Waals surface area contributed by atoms with Crippen molar-refractivity contribution < 1.29 is 9.53 Å². The second-order valence-corrected chi connectivity index (χ2v) is 8.68. The van der Waals surface area contributed by atoms with Crippen LogP contribution < -0.4 is 11.1 Å². The van der Waals surface area contributed by atoms with Crippen LogP contribution in [0.2, 0.25) is 0 Å². The molecule has 0 bridgehead atoms. The van der Waals surface area contributed by atoms with Gasteiger partial charge in [0.25, 0.3) is 0 Å². The number of hydrogen-bond acceptors (Lipinski definition) is 5. The maximum Gasteiger partial charge on any atom is 0.240 e. The van der Waals surface area contributed by atoms with Crippen molar-refractivity contribution in [3.8, 4) is 0 Å². The first-order chi connectivity index (χ1) is 9.41. The Bertz CT molecular complexity index is 365. The molecule has 4 nitrogen and oxygen atoms in total. The van der Waals surface area contributed by atoms with E-state index in [0.29, 0.717) is 18.3 Å². The van der Waals surface area contributed by atoms with Gasteiger partial charge in [0.1, 0.15) is 5.54 Å². The molecule has 0 aromatic heterocycles. The number of carbonyl (C=O) groups is 1. The van der Waals surface area contributed by atoms with Crippen molar-refractivity contribution >= 4 is 41.8 Å². The number of halogens is 1. The number of thioether (sulfide) groups is 2. The van der Waals surface area contributed by atoms with Crippen LogP contribution in [0.15, 0.2) is 0 Å². The lowest BCUT2D eigenvalue weighted by atomic mass is 9.54. The third-order valence-corrected chi connectivity index (χ3v) is 7.46. The summed E-state index contributed by atoms with van der Waals surface area (Å²) in [5.41, 5.74) is 5.26. The molecule has 2 rings (SSSR count). The number of amides is 1. The van der Waals surface area contributed by atoms with E-state index >= 15 is 0 Å². The van der Waals surface area contributed by atoms with E-state index in [1.54, 1.807) is 0 Å². The van der Waals surface area contributed by atoms with Gasteiger partial charge in [-0.2, -0.15) is 23.5 Å². The van der Waals surface area contributed by atoms with Gasteiger partial charge in [-0.05, 0) is 6.92 Å². The molecule has 0 radical (unpaired) electrons. The lowest BCUT2D eigenvalue weighted by Crippen LogP contribution is -2.76. The molecule has 2 aliphatic rings. The van der Waals surface area contributed by atoms with E-state index in [0.717, 1.165) is 12.3 Å². The van der Waals surface area contributed by atoms with Crippen LogP contribution in [-0.4, -0.2) is 53.2 Å². The Labute approximate surface area is 142 Å². The molecule has 3 unspecified atom stereocenters. The van der Waals surface area contributed by atoms with Gasteiger partial charge in [-0.15, -0.1) is 12.4 Å². The molecule has 2 fully saturated rings. The van der Waals surface area contributed by atoms with E-state index in [4.69, 9.17) is 10.5 Å². The number of nitrogens with two attached hydrogens (primary N) is 1. The second-order valence-electron chi connectivity index (χ2n) is 6.12. The molecule has 1 aliphatic carbocycles. The zero-order valence-corrected chi connectivity index (χ0v) is 15.5. The maximum absolute atomic E-state index is 12.4. The van der Waals surface area contributed by atoms with E-state index < -0.39 is 5.54 Å². The van der Waals surface area contributed by atoms with Gasteiger partial charge in [-0.3, -0.25) is 4.79 Å². The predicted octanol–water partition coefficient (Wildman–Crippen LogP) is 1.91. The SMILES string of the molecule is CCOC1CC(N)(C(=O)NCC2CSCCS2)C1(C)C.Cl. The average Bonchev–Trinajstić information content (AvgIpc) is 2.45. The highest BCUT2D eigenvalue weighted by Crippen LogP contribution is 2.49. The van der Waals surface area contributed by atoms with Gasteiger partial charge in [-0.25, -0.2) is 0 Å². The fraction of sp³-hybridized carbons (Fsp3) is 0.929. The highest BCUT2D eigenvalue weighted by atomic mass is 35.5. The Kier molecular flexibility index (Phi) is 7.19. The van der Waals surface area contributed by atoms with Crippen LogP contribution in [0.3, 0.4) is 0 Å². The Morgan fingerprint density at radius 1 is 1.43 bits per heavy atom. The van der Waals surface area contributed by atoms with Gasteiger partial charge in [-0.1, -0.05) is 13.8 Å². The van der Waals surface area contributed by atoms with Crippen LogP contribution in [0, 0.1) is 5.41 Å². The van der Waals surface area contributed by atoms with Crippen molar-refractivity contribution in [3.05, 3.63) is 0 Å². The number of carbonyl (C=O) groups excluding carboxylic acids is 1. The molecule has 1 heterocycles. The molecule has 1 saturated heterocycles. The lowest BCUT2D eigenvalue weighted by Gasteiger charge is -2.57. The van der Waals surface area contributed by atoms with E-state index in [-0.39, 0.29) is 29.8 Å². The third-order valence-electron chi connectivity index (χ3n) is 4.61. The van der Waals surface area contributed by atoms with Crippen LogP contribution in [0.5, 0.6) is 0 Å². The van der Waals surface area contributed by atoms with Crippen molar-refractivity contribution in [1.29, 1.82) is 0 Å². The smallest absolute Gasteiger partial charge is 0.240 e. The van der Waals surface area contributed by atoms with Crippen molar-refractivity contribution in [2.75, 3.05) is 30.4 Å². The molecular formula is C14H27ClN2O2S2. The number of nitrogens with one attached hydrogen (secondary N) is 1. The van der Waals surface area contributed by atoms with E-state index in [1.807, 2.05) is 44.3 Å². The number of hydrogen-bond donors (Lipinski definition) is 2. The van der Waals surface area contributed by atoms with Gasteiger partial charge in [0.2, 0.25) is 5.91 Å². The molecule has 21 heavy (non-hydrogen) atoms. The number of ether oxygens (including phenoxy) is 1. The van der Waals surface area contributed by atoms with Crippen molar-refractivity contribution in [2.24, 2.45) is 11.1 Å². The molecule has 3 atom stereocenters. The van der Waals surface area contributed by atoms with Gasteiger partial charge < -0.3 is 15.8 Å². The van der Waals surface area contributed by atoms with E-state index in [2.05, 4.69) is 5.32 Å². The molecule has 0 spiro atoms. The minimum Gasteiger partial charge on any atom is -0.378 e. The second kappa shape index (κ2) is 7.77. The Morgan fingerprint density at radius 3 is 2.67 bits per heavy atom. The van der Waals surface area contributed by atoms with Crippen molar-refractivity contribution in [2.45, 2.75) is 44.1 Å². The van der Waals surface area contributed by atoms with Gasteiger partial charge in [0.05, 0.1) is 6.10 Å². The van der Waals surface area contributed by atoms with Crippen LogP contribution >= 0.6 is 35.9 Å². The summed E-state index contributed by atoms with van der Waals surface area (Å²) in [7, 11) is 0. The first kappa shape index (κ1) is 19.4. The van der Waals surface area contributed by atoms with Crippen LogP contribution in [0.1, 0.15) is 27.2 Å². The molecule has 1 saturated carbocycles. The zero-order chi connectivity index (χ0) is 14.8. The molecule has 3 N–H and O–H groups in total. The first-order valence-corrected chi connectivity index (χ1v) is 9.50. The Balaban J connectivity index is 0.00000220. The highest BCUT2D eigenvalue weighted by molar-refractivity contribution is 8.06. The zero-order valence-electron chi connectivity index (χ0n) is 13.0. The van der Waals surface area contributed by atoms with E-state index in [1.165, 1.54) is 11.5 Å². The molecule has 0 aromatic rings. The van der Waals surface area contributed by atoms with Crippen LogP contribution in [-0.2, 0) is 9.53 Å². The van der Waals surface area contributed by atoms with Gasteiger partial charge in [0.15, 0.2) is 0 Å². The summed E-state index contributed by atoms with van der Waals surface area (Å²) >= 11 is 3.91. The van der Waals surface area contributed by atoms with Crippen LogP contribution in [0.4, 0.5) is 0 Å². The quantitative estimate of drug-likeness (QED) is 0.789. The summed E-state index contributed by atoms with van der Waals surface area (Å²) in [5.74, 6) is 3.50. The van der Waals surface area contributed by atoms with Crippen molar-refractivity contribution in [1.82, 2.24) is 5.32 Å². The number of rotatable bonds is 5. The standard InChI is InChI=1S/C14H26N2O2S2.ClH/c1-4-18-11-7-14(15,13(11,2)3)12(17)16-8-10-9-19-5-6-20-10;/h10-11H,4-9,15H2,1-3H3,(H,16,17);1H. The average molecular weight is 355 g/mol.